The van der Waals surface area contributed by atoms with E-state index in [0.717, 1.165) is 10.0 Å². The van der Waals surface area contributed by atoms with Crippen LogP contribution in [0.25, 0.3) is 11.3 Å². The molecule has 9 nitrogen and oxygen atoms in total. The van der Waals surface area contributed by atoms with Crippen LogP contribution in [0.1, 0.15) is 25.3 Å². The van der Waals surface area contributed by atoms with Crippen LogP contribution in [0.3, 0.4) is 0 Å². The van der Waals surface area contributed by atoms with E-state index in [1.54, 1.807) is 34.1 Å². The topological polar surface area (TPSA) is 108 Å². The molecule has 1 aromatic heterocycles. The number of benzene rings is 2. The molecule has 0 bridgehead atoms. The molecule has 204 valence electrons. The number of nitrogens with one attached hydrogen (secondary N) is 1. The van der Waals surface area contributed by atoms with Crippen molar-refractivity contribution >= 4 is 55.7 Å². The second-order valence-electron chi connectivity index (χ2n) is 8.66. The number of anilines is 2. The van der Waals surface area contributed by atoms with Gasteiger partial charge in [-0.2, -0.15) is 0 Å². The maximum atomic E-state index is 13.0. The molecule has 4 rings (SSSR count). The number of hydrogen-bond donors (Lipinski definition) is 1. The van der Waals surface area contributed by atoms with Gasteiger partial charge < -0.3 is 24.3 Å². The van der Waals surface area contributed by atoms with Gasteiger partial charge in [0.05, 0.1) is 44.2 Å². The molecular formula is C28H28BrN3O6S. The van der Waals surface area contributed by atoms with Crippen LogP contribution in [0.15, 0.2) is 62.5 Å². The Bertz CT molecular complexity index is 1480. The van der Waals surface area contributed by atoms with Crippen LogP contribution >= 0.6 is 27.3 Å². The van der Waals surface area contributed by atoms with Gasteiger partial charge in [-0.15, -0.1) is 11.3 Å². The second kappa shape index (κ2) is 12.0. The number of carbonyl (C=O) groups is 2. The number of hydrogen-bond acceptors (Lipinski definition) is 10. The van der Waals surface area contributed by atoms with Crippen LogP contribution in [0.4, 0.5) is 10.8 Å². The maximum Gasteiger partial charge on any atom is 0.336 e. The Kier molecular flexibility index (Phi) is 8.71. The van der Waals surface area contributed by atoms with Crippen molar-refractivity contribution in [3.63, 3.8) is 0 Å². The van der Waals surface area contributed by atoms with E-state index in [4.69, 9.17) is 23.9 Å². The van der Waals surface area contributed by atoms with Gasteiger partial charge in [-0.3, -0.25) is 9.79 Å². The normalized spacial score (nSPS) is 16.8. The first-order chi connectivity index (χ1) is 18.7. The fraction of sp³-hybridized carbons (Fsp3) is 0.286. The molecule has 0 saturated carbocycles. The summed E-state index contributed by atoms with van der Waals surface area (Å²) in [6.07, 6.45) is 0. The number of para-hydroxylation sites is 1. The van der Waals surface area contributed by atoms with E-state index in [-0.39, 0.29) is 0 Å². The van der Waals surface area contributed by atoms with Crippen LogP contribution in [0.2, 0.25) is 0 Å². The Morgan fingerprint density at radius 3 is 2.38 bits per heavy atom. The van der Waals surface area contributed by atoms with Crippen molar-refractivity contribution in [1.29, 1.82) is 0 Å². The molecule has 2 unspecified atom stereocenters. The SMILES string of the molecule is COC(=O)C1=C(C)N=C(C)C(C(=O)OC)C1c1ccccc1Nc1nc(-c2cc(Br)c(OC)cc2OC)cs1. The lowest BCUT2D eigenvalue weighted by atomic mass is 9.75. The number of carbonyl (C=O) groups excluding carboxylic acids is 2. The van der Waals surface area contributed by atoms with E-state index in [2.05, 4.69) is 26.2 Å². The molecule has 0 amide bonds. The Morgan fingerprint density at radius 1 is 1.00 bits per heavy atom. The number of thiazole rings is 1. The fourth-order valence-corrected chi connectivity index (χ4v) is 5.92. The number of allylic oxidation sites excluding steroid dienone is 1. The minimum Gasteiger partial charge on any atom is -0.496 e. The summed E-state index contributed by atoms with van der Waals surface area (Å²) in [6.45, 7) is 3.50. The predicted molar refractivity (Wildman–Crippen MR) is 154 cm³/mol. The van der Waals surface area contributed by atoms with Crippen molar-refractivity contribution in [1.82, 2.24) is 4.98 Å². The highest BCUT2D eigenvalue weighted by molar-refractivity contribution is 9.10. The van der Waals surface area contributed by atoms with Gasteiger partial charge in [0.25, 0.3) is 0 Å². The zero-order chi connectivity index (χ0) is 28.3. The third-order valence-electron chi connectivity index (χ3n) is 6.48. The van der Waals surface area contributed by atoms with Crippen LogP contribution in [0, 0.1) is 5.92 Å². The van der Waals surface area contributed by atoms with E-state index in [0.29, 0.717) is 50.6 Å². The van der Waals surface area contributed by atoms with Crippen molar-refractivity contribution in [2.24, 2.45) is 10.9 Å². The molecule has 1 N–H and O–H groups in total. The minimum absolute atomic E-state index is 0.306. The summed E-state index contributed by atoms with van der Waals surface area (Å²) in [5, 5.41) is 5.91. The fourth-order valence-electron chi connectivity index (χ4n) is 4.69. The number of methoxy groups -OCH3 is 4. The van der Waals surface area contributed by atoms with Gasteiger partial charge in [-0.1, -0.05) is 18.2 Å². The van der Waals surface area contributed by atoms with E-state index >= 15 is 0 Å². The van der Waals surface area contributed by atoms with Crippen molar-refractivity contribution in [2.45, 2.75) is 19.8 Å². The molecule has 0 aliphatic carbocycles. The summed E-state index contributed by atoms with van der Waals surface area (Å²) >= 11 is 4.94. The molecule has 0 saturated heterocycles. The highest BCUT2D eigenvalue weighted by Gasteiger charge is 2.43. The third-order valence-corrected chi connectivity index (χ3v) is 7.86. The lowest BCUT2D eigenvalue weighted by molar-refractivity contribution is -0.143. The van der Waals surface area contributed by atoms with Crippen molar-refractivity contribution in [3.8, 4) is 22.8 Å². The van der Waals surface area contributed by atoms with Gasteiger partial charge in [-0.25, -0.2) is 9.78 Å². The zero-order valence-corrected chi connectivity index (χ0v) is 24.7. The molecule has 0 fully saturated rings. The Hall–Kier alpha value is -3.70. The largest absolute Gasteiger partial charge is 0.496 e. The Balaban J connectivity index is 1.77. The molecule has 2 atom stereocenters. The van der Waals surface area contributed by atoms with Crippen LogP contribution < -0.4 is 14.8 Å². The van der Waals surface area contributed by atoms with Gasteiger partial charge in [0.2, 0.25) is 0 Å². The number of rotatable bonds is 8. The average molecular weight is 615 g/mol. The molecule has 11 heteroatoms. The number of aromatic nitrogens is 1. The average Bonchev–Trinajstić information content (AvgIpc) is 3.40. The van der Waals surface area contributed by atoms with E-state index in [1.165, 1.54) is 25.6 Å². The molecule has 3 aromatic rings. The number of nitrogens with zero attached hydrogens (tertiary/aromatic N) is 2. The summed E-state index contributed by atoms with van der Waals surface area (Å²) in [5.74, 6) is -1.25. The van der Waals surface area contributed by atoms with Crippen molar-refractivity contribution < 1.29 is 28.5 Å². The smallest absolute Gasteiger partial charge is 0.336 e. The van der Waals surface area contributed by atoms with Crippen molar-refractivity contribution in [2.75, 3.05) is 33.8 Å². The van der Waals surface area contributed by atoms with E-state index in [1.807, 2.05) is 35.7 Å². The molecule has 39 heavy (non-hydrogen) atoms. The second-order valence-corrected chi connectivity index (χ2v) is 10.4. The zero-order valence-electron chi connectivity index (χ0n) is 22.3. The van der Waals surface area contributed by atoms with Crippen LogP contribution in [-0.4, -0.2) is 51.1 Å². The number of aliphatic imine (C=N–C) groups is 1. The van der Waals surface area contributed by atoms with E-state index < -0.39 is 23.8 Å². The first-order valence-corrected chi connectivity index (χ1v) is 13.6. The Morgan fingerprint density at radius 2 is 1.72 bits per heavy atom. The first-order valence-electron chi connectivity index (χ1n) is 11.9. The maximum absolute atomic E-state index is 13.0. The molecule has 2 aromatic carbocycles. The van der Waals surface area contributed by atoms with Crippen LogP contribution in [-0.2, 0) is 19.1 Å². The quantitative estimate of drug-likeness (QED) is 0.302. The van der Waals surface area contributed by atoms with Gasteiger partial charge in [-0.05, 0) is 47.5 Å². The lowest BCUT2D eigenvalue weighted by Crippen LogP contribution is -2.36. The molecule has 1 aliphatic rings. The molecule has 2 heterocycles. The summed E-state index contributed by atoms with van der Waals surface area (Å²) in [7, 11) is 5.82. The highest BCUT2D eigenvalue weighted by atomic mass is 79.9. The minimum atomic E-state index is -0.802. The summed E-state index contributed by atoms with van der Waals surface area (Å²) in [6, 6.07) is 11.2. The van der Waals surface area contributed by atoms with Crippen LogP contribution in [0.5, 0.6) is 11.5 Å². The predicted octanol–water partition coefficient (Wildman–Crippen LogP) is 6.13. The standard InChI is InChI=1S/C28H28BrN3O6S/c1-14-23(26(33)37-5)25(24(15(2)30-14)27(34)38-6)16-9-7-8-10-19(16)31-28-32-20(13-39-28)17-11-18(29)22(36-4)12-21(17)35-3/h7-13,23,25H,1-6H3,(H,31,32). The van der Waals surface area contributed by atoms with Crippen molar-refractivity contribution in [3.05, 3.63) is 63.1 Å². The number of halogens is 1. The molecule has 0 spiro atoms. The van der Waals surface area contributed by atoms with Gasteiger partial charge in [0, 0.05) is 40.0 Å². The molecule has 0 radical (unpaired) electrons. The first kappa shape index (κ1) is 28.3. The monoisotopic (exact) mass is 613 g/mol. The number of esters is 2. The number of ether oxygens (including phenoxy) is 4. The highest BCUT2D eigenvalue weighted by Crippen LogP contribution is 2.44. The summed E-state index contributed by atoms with van der Waals surface area (Å²) in [4.78, 5) is 35.2. The Labute approximate surface area is 239 Å². The molecular weight excluding hydrogens is 586 g/mol. The van der Waals surface area contributed by atoms with E-state index in [9.17, 15) is 9.59 Å². The molecule has 1 aliphatic heterocycles. The summed E-state index contributed by atoms with van der Waals surface area (Å²) in [5.41, 5.74) is 4.25. The van der Waals surface area contributed by atoms with Gasteiger partial charge in [0.1, 0.15) is 17.4 Å². The third kappa shape index (κ3) is 5.55. The summed E-state index contributed by atoms with van der Waals surface area (Å²) < 4.78 is 21.9. The lowest BCUT2D eigenvalue weighted by Gasteiger charge is -2.32. The van der Waals surface area contributed by atoms with Gasteiger partial charge >= 0.3 is 11.9 Å². The van der Waals surface area contributed by atoms with Gasteiger partial charge in [0.15, 0.2) is 5.13 Å².